The third kappa shape index (κ3) is 4.35. The van der Waals surface area contributed by atoms with E-state index < -0.39 is 5.97 Å². The zero-order valence-electron chi connectivity index (χ0n) is 14.6. The van der Waals surface area contributed by atoms with Crippen molar-refractivity contribution in [3.63, 3.8) is 0 Å². The summed E-state index contributed by atoms with van der Waals surface area (Å²) in [7, 11) is 2.89. The van der Waals surface area contributed by atoms with Crippen LogP contribution in [-0.2, 0) is 4.79 Å². The van der Waals surface area contributed by atoms with Crippen molar-refractivity contribution in [2.75, 3.05) is 20.0 Å². The van der Waals surface area contributed by atoms with E-state index in [0.29, 0.717) is 15.5 Å². The second-order valence-corrected chi connectivity index (χ2v) is 7.48. The number of thiazole rings is 1. The number of methoxy groups -OCH3 is 2. The molecule has 0 amide bonds. The van der Waals surface area contributed by atoms with Gasteiger partial charge in [-0.05, 0) is 35.9 Å². The molecule has 140 valence electrons. The van der Waals surface area contributed by atoms with Gasteiger partial charge < -0.3 is 24.5 Å². The largest absolute Gasteiger partial charge is 0.549 e. The van der Waals surface area contributed by atoms with Gasteiger partial charge in [-0.1, -0.05) is 12.1 Å². The number of carbonyl (C=O) groups is 1. The molecule has 0 saturated heterocycles. The molecule has 0 radical (unpaired) electrons. The third-order valence-electron chi connectivity index (χ3n) is 3.65. The minimum absolute atomic E-state index is 0.0962. The fraction of sp³-hybridized carbons (Fsp3) is 0.158. The van der Waals surface area contributed by atoms with Crippen LogP contribution in [0.4, 0.5) is 0 Å². The first-order valence-electron chi connectivity index (χ1n) is 7.87. The number of carboxylic acid groups (broad SMARTS) is 1. The predicted octanol–water partition coefficient (Wildman–Crippen LogP) is 3.00. The molecule has 0 aliphatic rings. The molecule has 0 bridgehead atoms. The van der Waals surface area contributed by atoms with Crippen molar-refractivity contribution < 1.29 is 24.5 Å². The number of carbonyl (C=O) groups excluding carboxylic acids is 1. The van der Waals surface area contributed by atoms with Crippen molar-refractivity contribution >= 4 is 50.3 Å². The maximum atomic E-state index is 11.0. The summed E-state index contributed by atoms with van der Waals surface area (Å²) in [5.41, 5.74) is 1.53. The van der Waals surface area contributed by atoms with Crippen molar-refractivity contribution in [1.82, 2.24) is 4.98 Å². The van der Waals surface area contributed by atoms with Gasteiger partial charge in [0, 0.05) is 10.7 Å². The van der Waals surface area contributed by atoms with E-state index in [-0.39, 0.29) is 23.0 Å². The van der Waals surface area contributed by atoms with Crippen LogP contribution >= 0.6 is 23.1 Å². The van der Waals surface area contributed by atoms with Crippen LogP contribution in [0.2, 0.25) is 0 Å². The lowest BCUT2D eigenvalue weighted by atomic mass is 10.1. The van der Waals surface area contributed by atoms with E-state index in [1.54, 1.807) is 18.2 Å². The Morgan fingerprint density at radius 1 is 1.26 bits per heavy atom. The van der Waals surface area contributed by atoms with Gasteiger partial charge in [-0.25, -0.2) is 4.98 Å². The van der Waals surface area contributed by atoms with Gasteiger partial charge in [-0.15, -0.1) is 23.1 Å². The van der Waals surface area contributed by atoms with Crippen molar-refractivity contribution in [3.8, 4) is 17.2 Å². The lowest BCUT2D eigenvalue weighted by Crippen LogP contribution is -2.24. The topological polar surface area (TPSA) is 91.7 Å². The minimum atomic E-state index is -1.16. The van der Waals surface area contributed by atoms with E-state index in [1.165, 1.54) is 25.6 Å². The summed E-state index contributed by atoms with van der Waals surface area (Å²) in [5, 5.41) is 21.7. The van der Waals surface area contributed by atoms with Crippen molar-refractivity contribution in [2.24, 2.45) is 0 Å². The fourth-order valence-corrected chi connectivity index (χ4v) is 4.27. The first kappa shape index (κ1) is 19.1. The number of hydrogen-bond acceptors (Lipinski definition) is 8. The number of aromatic nitrogens is 1. The smallest absolute Gasteiger partial charge is 0.200 e. The number of aliphatic carboxylic acids is 1. The number of nitrogens with zero attached hydrogens (tertiary/aromatic N) is 1. The van der Waals surface area contributed by atoms with Crippen molar-refractivity contribution in [3.05, 3.63) is 47.0 Å². The van der Waals surface area contributed by atoms with Crippen LogP contribution in [0, 0.1) is 0 Å². The second-order valence-electron chi connectivity index (χ2n) is 5.43. The van der Waals surface area contributed by atoms with Crippen LogP contribution in [0.3, 0.4) is 0 Å². The van der Waals surface area contributed by atoms with Crippen LogP contribution in [0.15, 0.2) is 36.4 Å². The first-order valence-corrected chi connectivity index (χ1v) is 9.67. The molecular weight excluding hydrogens is 386 g/mol. The first-order chi connectivity index (χ1) is 13.0. The molecular formula is C19H16NO5S2-. The SMILES string of the molecule is COc1cc(/C=C(\SCC(=O)[O-])c2nc3ccccc3s2)cc(OC)c1O. The lowest BCUT2D eigenvalue weighted by Gasteiger charge is -2.11. The maximum Gasteiger partial charge on any atom is 0.200 e. The highest BCUT2D eigenvalue weighted by molar-refractivity contribution is 8.09. The molecule has 1 N–H and O–H groups in total. The average molecular weight is 402 g/mol. The molecule has 8 heteroatoms. The fourth-order valence-electron chi connectivity index (χ4n) is 2.43. The number of ether oxygens (including phenoxy) is 2. The lowest BCUT2D eigenvalue weighted by molar-refractivity contribution is -0.301. The standard InChI is InChI=1S/C19H17NO5S2/c1-24-13-7-11(8-14(25-2)18(13)23)9-16(26-10-17(21)22)19-20-12-5-3-4-6-15(12)27-19/h3-9,23H,10H2,1-2H3,(H,21,22)/p-1/b16-9-. The van der Waals surface area contributed by atoms with Gasteiger partial charge in [-0.3, -0.25) is 0 Å². The Kier molecular flexibility index (Phi) is 5.88. The Bertz CT molecular complexity index is 954. The highest BCUT2D eigenvalue weighted by atomic mass is 32.2. The Morgan fingerprint density at radius 3 is 2.52 bits per heavy atom. The molecule has 0 spiro atoms. The van der Waals surface area contributed by atoms with E-state index in [4.69, 9.17) is 9.47 Å². The minimum Gasteiger partial charge on any atom is -0.549 e. The molecule has 0 saturated carbocycles. The third-order valence-corrected chi connectivity index (χ3v) is 5.85. The summed E-state index contributed by atoms with van der Waals surface area (Å²) in [6.45, 7) is 0. The molecule has 0 aliphatic heterocycles. The zero-order valence-corrected chi connectivity index (χ0v) is 16.2. The van der Waals surface area contributed by atoms with Gasteiger partial charge in [0.25, 0.3) is 0 Å². The number of carboxylic acids is 1. The summed E-state index contributed by atoms with van der Waals surface area (Å²) in [6.07, 6.45) is 1.79. The summed E-state index contributed by atoms with van der Waals surface area (Å²) >= 11 is 2.60. The number of hydrogen-bond donors (Lipinski definition) is 1. The maximum absolute atomic E-state index is 11.0. The molecule has 0 unspecified atom stereocenters. The van der Waals surface area contributed by atoms with Gasteiger partial charge in [-0.2, -0.15) is 0 Å². The van der Waals surface area contributed by atoms with Crippen LogP contribution < -0.4 is 14.6 Å². The molecule has 0 atom stereocenters. The van der Waals surface area contributed by atoms with E-state index in [1.807, 2.05) is 24.3 Å². The van der Waals surface area contributed by atoms with Gasteiger partial charge in [0.05, 0.1) is 30.4 Å². The molecule has 6 nitrogen and oxygen atoms in total. The van der Waals surface area contributed by atoms with Gasteiger partial charge >= 0.3 is 0 Å². The Hall–Kier alpha value is -2.71. The van der Waals surface area contributed by atoms with Crippen molar-refractivity contribution in [1.29, 1.82) is 0 Å². The molecule has 27 heavy (non-hydrogen) atoms. The van der Waals surface area contributed by atoms with E-state index >= 15 is 0 Å². The normalized spacial score (nSPS) is 11.6. The van der Waals surface area contributed by atoms with Crippen LogP contribution in [0.1, 0.15) is 10.6 Å². The molecule has 3 aromatic rings. The molecule has 2 aromatic carbocycles. The highest BCUT2D eigenvalue weighted by Crippen LogP contribution is 2.40. The molecule has 0 fully saturated rings. The van der Waals surface area contributed by atoms with E-state index in [9.17, 15) is 15.0 Å². The molecule has 1 heterocycles. The number of aromatic hydroxyl groups is 1. The summed E-state index contributed by atoms with van der Waals surface area (Å²) in [5.74, 6) is -0.939. The van der Waals surface area contributed by atoms with Crippen LogP contribution in [0.5, 0.6) is 17.2 Å². The van der Waals surface area contributed by atoms with Crippen LogP contribution in [-0.4, -0.2) is 36.0 Å². The van der Waals surface area contributed by atoms with Gasteiger partial charge in [0.15, 0.2) is 11.5 Å². The summed E-state index contributed by atoms with van der Waals surface area (Å²) in [6, 6.07) is 11.0. The number of thioether (sulfide) groups is 1. The van der Waals surface area contributed by atoms with Gasteiger partial charge in [0.2, 0.25) is 5.75 Å². The Labute approximate surface area is 164 Å². The number of phenols is 1. The van der Waals surface area contributed by atoms with Crippen LogP contribution in [0.25, 0.3) is 21.2 Å². The van der Waals surface area contributed by atoms with Gasteiger partial charge in [0.1, 0.15) is 5.01 Å². The monoisotopic (exact) mass is 402 g/mol. The Morgan fingerprint density at radius 2 is 1.93 bits per heavy atom. The molecule has 1 aromatic heterocycles. The van der Waals surface area contributed by atoms with E-state index in [0.717, 1.165) is 22.0 Å². The number of fused-ring (bicyclic) bond motifs is 1. The summed E-state index contributed by atoms with van der Waals surface area (Å²) < 4.78 is 11.4. The predicted molar refractivity (Wildman–Crippen MR) is 106 cm³/mol. The van der Waals surface area contributed by atoms with Crippen molar-refractivity contribution in [2.45, 2.75) is 0 Å². The number of phenolic OH excluding ortho intramolecular Hbond substituents is 1. The Balaban J connectivity index is 2.08. The highest BCUT2D eigenvalue weighted by Gasteiger charge is 2.14. The number of rotatable bonds is 7. The summed E-state index contributed by atoms with van der Waals surface area (Å²) in [4.78, 5) is 16.2. The van der Waals surface area contributed by atoms with E-state index in [2.05, 4.69) is 4.98 Å². The molecule has 0 aliphatic carbocycles. The molecule has 3 rings (SSSR count). The number of para-hydroxylation sites is 1. The average Bonchev–Trinajstić information content (AvgIpc) is 3.09. The second kappa shape index (κ2) is 8.32. The quantitative estimate of drug-likeness (QED) is 0.649. The number of benzene rings is 2. The zero-order chi connectivity index (χ0) is 19.4.